The molecule has 0 spiro atoms. The predicted octanol–water partition coefficient (Wildman–Crippen LogP) is 5.11. The molecule has 0 aliphatic heterocycles. The number of nitrogens with one attached hydrogen (secondary N) is 2. The summed E-state index contributed by atoms with van der Waals surface area (Å²) >= 11 is 16.5. The molecule has 0 saturated carbocycles. The van der Waals surface area contributed by atoms with Crippen LogP contribution in [0.25, 0.3) is 0 Å². The molecule has 0 aliphatic carbocycles. The zero-order chi connectivity index (χ0) is 18.7. The monoisotopic (exact) mass is 470 g/mol. The molecule has 0 aliphatic rings. The highest BCUT2D eigenvalue weighted by atomic mass is 79.9. The molecule has 132 valence electrons. The van der Waals surface area contributed by atoms with Gasteiger partial charge in [0.25, 0.3) is 11.8 Å². The second-order valence-corrected chi connectivity index (χ2v) is 8.03. The largest absolute Gasteiger partial charge is 0.322 e. The fourth-order valence-electron chi connectivity index (χ4n) is 2.02. The number of anilines is 2. The lowest BCUT2D eigenvalue weighted by atomic mass is 10.2. The molecule has 0 unspecified atom stereocenters. The van der Waals surface area contributed by atoms with Gasteiger partial charge in [-0.3, -0.25) is 9.59 Å². The maximum Gasteiger partial charge on any atom is 0.268 e. The maximum absolute atomic E-state index is 12.4. The first-order valence-corrected chi connectivity index (χ1v) is 9.44. The Balaban J connectivity index is 1.75. The van der Waals surface area contributed by atoms with E-state index in [0.717, 1.165) is 0 Å². The molecule has 0 bridgehead atoms. The van der Waals surface area contributed by atoms with Gasteiger partial charge in [-0.2, -0.15) is 0 Å². The number of carbonyl (C=O) groups is 2. The molecule has 0 saturated heterocycles. The van der Waals surface area contributed by atoms with Crippen molar-refractivity contribution in [2.45, 2.75) is 0 Å². The summed E-state index contributed by atoms with van der Waals surface area (Å²) in [5.41, 5.74) is 0.606. The average Bonchev–Trinajstić information content (AvgIpc) is 3.01. The molecule has 10 heteroatoms. The second-order valence-electron chi connectivity index (χ2n) is 4.91. The van der Waals surface area contributed by atoms with Crippen LogP contribution in [0.3, 0.4) is 0 Å². The lowest BCUT2D eigenvalue weighted by Gasteiger charge is -2.09. The third kappa shape index (κ3) is 4.39. The number of halogens is 3. The molecule has 3 rings (SSSR count). The first-order chi connectivity index (χ1) is 12.4. The molecular formula is C16H9BrCl2N4O2S. The van der Waals surface area contributed by atoms with E-state index in [1.54, 1.807) is 24.3 Å². The van der Waals surface area contributed by atoms with Gasteiger partial charge in [0.15, 0.2) is 3.92 Å². The van der Waals surface area contributed by atoms with E-state index in [0.29, 0.717) is 14.5 Å². The molecule has 2 amide bonds. The molecular weight excluding hydrogens is 463 g/mol. The van der Waals surface area contributed by atoms with E-state index in [4.69, 9.17) is 23.2 Å². The standard InChI is InChI=1S/C16H9BrCl2N4O2S/c17-16-21-7-11(26-16)14(24)23-12-6-8(4-5-20-12)22-15(25)13-9(18)2-1-3-10(13)19/h1-7H,(H2,20,22,23,24,25). The van der Waals surface area contributed by atoms with Gasteiger partial charge in [-0.05, 0) is 34.1 Å². The highest BCUT2D eigenvalue weighted by Gasteiger charge is 2.15. The lowest BCUT2D eigenvalue weighted by molar-refractivity contribution is 0.102. The molecule has 26 heavy (non-hydrogen) atoms. The van der Waals surface area contributed by atoms with Crippen molar-refractivity contribution >= 4 is 73.8 Å². The van der Waals surface area contributed by atoms with E-state index >= 15 is 0 Å². The van der Waals surface area contributed by atoms with Crippen LogP contribution in [0.4, 0.5) is 11.5 Å². The fraction of sp³-hybridized carbons (Fsp3) is 0. The first-order valence-electron chi connectivity index (χ1n) is 7.08. The molecule has 6 nitrogen and oxygen atoms in total. The van der Waals surface area contributed by atoms with Gasteiger partial charge in [0.2, 0.25) is 0 Å². The summed E-state index contributed by atoms with van der Waals surface area (Å²) < 4.78 is 0.605. The van der Waals surface area contributed by atoms with Crippen molar-refractivity contribution in [1.29, 1.82) is 0 Å². The summed E-state index contributed by atoms with van der Waals surface area (Å²) in [6.45, 7) is 0. The van der Waals surface area contributed by atoms with Crippen molar-refractivity contribution < 1.29 is 9.59 Å². The zero-order valence-corrected chi connectivity index (χ0v) is 16.7. The number of rotatable bonds is 4. The topological polar surface area (TPSA) is 84.0 Å². The van der Waals surface area contributed by atoms with Crippen LogP contribution < -0.4 is 10.6 Å². The van der Waals surface area contributed by atoms with Crippen molar-refractivity contribution in [2.75, 3.05) is 10.6 Å². The van der Waals surface area contributed by atoms with Gasteiger partial charge in [0.1, 0.15) is 10.7 Å². The van der Waals surface area contributed by atoms with E-state index in [1.165, 1.54) is 29.8 Å². The van der Waals surface area contributed by atoms with E-state index in [-0.39, 0.29) is 27.3 Å². The summed E-state index contributed by atoms with van der Waals surface area (Å²) in [5.74, 6) is -0.531. The number of hydrogen-bond donors (Lipinski definition) is 2. The molecule has 0 atom stereocenters. The van der Waals surface area contributed by atoms with Gasteiger partial charge >= 0.3 is 0 Å². The molecule has 0 radical (unpaired) electrons. The highest BCUT2D eigenvalue weighted by molar-refractivity contribution is 9.11. The summed E-state index contributed by atoms with van der Waals surface area (Å²) in [6, 6.07) is 7.92. The Morgan fingerprint density at radius 3 is 2.42 bits per heavy atom. The van der Waals surface area contributed by atoms with Crippen LogP contribution in [0, 0.1) is 0 Å². The Hall–Kier alpha value is -2.00. The van der Waals surface area contributed by atoms with Gasteiger partial charge in [-0.15, -0.1) is 11.3 Å². The lowest BCUT2D eigenvalue weighted by Crippen LogP contribution is -2.15. The number of carbonyl (C=O) groups excluding carboxylic acids is 2. The normalized spacial score (nSPS) is 10.4. The number of aromatic nitrogens is 2. The summed E-state index contributed by atoms with van der Waals surface area (Å²) in [4.78, 5) is 33.0. The second kappa shape index (κ2) is 8.13. The third-order valence-corrected chi connectivity index (χ3v) is 5.26. The Kier molecular flexibility index (Phi) is 5.87. The van der Waals surface area contributed by atoms with E-state index < -0.39 is 5.91 Å². The number of pyridine rings is 1. The Morgan fingerprint density at radius 1 is 1.04 bits per heavy atom. The van der Waals surface area contributed by atoms with Crippen LogP contribution >= 0.6 is 50.5 Å². The molecule has 2 heterocycles. The number of nitrogens with zero attached hydrogens (tertiary/aromatic N) is 2. The quantitative estimate of drug-likeness (QED) is 0.553. The Labute approximate surface area is 170 Å². The SMILES string of the molecule is O=C(Nc1cc(NC(=O)c2c(Cl)cccc2Cl)ccn1)c1cnc(Br)s1. The van der Waals surface area contributed by atoms with Crippen molar-refractivity contribution in [3.63, 3.8) is 0 Å². The number of benzene rings is 1. The van der Waals surface area contributed by atoms with Crippen LogP contribution in [-0.4, -0.2) is 21.8 Å². The van der Waals surface area contributed by atoms with Gasteiger partial charge in [-0.1, -0.05) is 29.3 Å². The minimum Gasteiger partial charge on any atom is -0.322 e. The Bertz CT molecular complexity index is 976. The molecule has 0 fully saturated rings. The maximum atomic E-state index is 12.4. The van der Waals surface area contributed by atoms with Crippen molar-refractivity contribution in [3.05, 3.63) is 67.1 Å². The van der Waals surface area contributed by atoms with Gasteiger partial charge in [0.05, 0.1) is 21.8 Å². The smallest absolute Gasteiger partial charge is 0.268 e. The highest BCUT2D eigenvalue weighted by Crippen LogP contribution is 2.26. The van der Waals surface area contributed by atoms with Gasteiger partial charge < -0.3 is 10.6 Å². The Morgan fingerprint density at radius 2 is 1.77 bits per heavy atom. The summed E-state index contributed by atoms with van der Waals surface area (Å²) in [5, 5.41) is 5.81. The zero-order valence-electron chi connectivity index (χ0n) is 12.8. The van der Waals surface area contributed by atoms with Gasteiger partial charge in [-0.25, -0.2) is 9.97 Å². The van der Waals surface area contributed by atoms with Crippen molar-refractivity contribution in [3.8, 4) is 0 Å². The molecule has 1 aromatic carbocycles. The first kappa shape index (κ1) is 18.8. The van der Waals surface area contributed by atoms with Gasteiger partial charge in [0, 0.05) is 18.0 Å². The third-order valence-electron chi connectivity index (χ3n) is 3.15. The average molecular weight is 472 g/mol. The van der Waals surface area contributed by atoms with Crippen molar-refractivity contribution in [1.82, 2.24) is 9.97 Å². The summed E-state index contributed by atoms with van der Waals surface area (Å²) in [6.07, 6.45) is 2.91. The summed E-state index contributed by atoms with van der Waals surface area (Å²) in [7, 11) is 0. The van der Waals surface area contributed by atoms with Crippen molar-refractivity contribution in [2.24, 2.45) is 0 Å². The molecule has 2 aromatic heterocycles. The minimum atomic E-state index is -0.463. The molecule has 3 aromatic rings. The van der Waals surface area contributed by atoms with Crippen LogP contribution in [0.2, 0.25) is 10.0 Å². The fourth-order valence-corrected chi connectivity index (χ4v) is 3.75. The predicted molar refractivity (Wildman–Crippen MR) is 106 cm³/mol. The van der Waals surface area contributed by atoms with Crippen LogP contribution in [0.5, 0.6) is 0 Å². The number of hydrogen-bond acceptors (Lipinski definition) is 5. The number of thiazole rings is 1. The van der Waals surface area contributed by atoms with E-state index in [2.05, 4.69) is 36.5 Å². The van der Waals surface area contributed by atoms with E-state index in [1.807, 2.05) is 0 Å². The number of amides is 2. The van der Waals surface area contributed by atoms with E-state index in [9.17, 15) is 9.59 Å². The minimum absolute atomic E-state index is 0.174. The molecule has 2 N–H and O–H groups in total. The van der Waals surface area contributed by atoms with Crippen LogP contribution in [-0.2, 0) is 0 Å². The van der Waals surface area contributed by atoms with Crippen LogP contribution in [0.15, 0.2) is 46.6 Å². The van der Waals surface area contributed by atoms with Crippen LogP contribution in [0.1, 0.15) is 20.0 Å².